The van der Waals surface area contributed by atoms with E-state index in [1.54, 1.807) is 0 Å². The van der Waals surface area contributed by atoms with Gasteiger partial charge in [0, 0.05) is 10.6 Å². The molecule has 1 aromatic carbocycles. The molecule has 1 N–H and O–H groups in total. The first kappa shape index (κ1) is 13.4. The normalized spacial score (nSPS) is 12.1. The van der Waals surface area contributed by atoms with Crippen LogP contribution in [0.15, 0.2) is 24.3 Å². The fraction of sp³-hybridized carbons (Fsp3) is 0.500. The van der Waals surface area contributed by atoms with Gasteiger partial charge in [0.1, 0.15) is 0 Å². The Bertz CT molecular complexity index is 322. The Kier molecular flexibility index (Phi) is 4.69. The number of halogens is 3. The maximum Gasteiger partial charge on any atom is 0.285 e. The van der Waals surface area contributed by atoms with Gasteiger partial charge in [0.05, 0.1) is 6.54 Å². The van der Waals surface area contributed by atoms with Crippen molar-refractivity contribution in [3.8, 4) is 0 Å². The molecule has 0 radical (unpaired) electrons. The van der Waals surface area contributed by atoms with Crippen molar-refractivity contribution in [1.29, 1.82) is 0 Å². The minimum Gasteiger partial charge on any atom is -0.311 e. The van der Waals surface area contributed by atoms with Crippen molar-refractivity contribution in [1.82, 2.24) is 5.32 Å². The third-order valence-corrected chi connectivity index (χ3v) is 2.42. The lowest BCUT2D eigenvalue weighted by Gasteiger charge is -2.18. The largest absolute Gasteiger partial charge is 0.311 e. The lowest BCUT2D eigenvalue weighted by Crippen LogP contribution is -2.32. The van der Waals surface area contributed by atoms with E-state index in [1.165, 1.54) is 24.3 Å². The lowest BCUT2D eigenvalue weighted by atomic mass is 10.1. The standard InChI is InChI=1S/C12H16ClF2N/c1-9(2)7-16-8-12(14,15)10-3-5-11(13)6-4-10/h3-6,9,16H,7-8H2,1-2H3. The molecular weight excluding hydrogens is 232 g/mol. The van der Waals surface area contributed by atoms with Gasteiger partial charge in [-0.15, -0.1) is 0 Å². The first-order chi connectivity index (χ1) is 7.42. The monoisotopic (exact) mass is 247 g/mol. The second kappa shape index (κ2) is 5.60. The van der Waals surface area contributed by atoms with Gasteiger partial charge in [0.15, 0.2) is 0 Å². The van der Waals surface area contributed by atoms with Gasteiger partial charge in [-0.3, -0.25) is 0 Å². The number of hydrogen-bond donors (Lipinski definition) is 1. The summed E-state index contributed by atoms with van der Waals surface area (Å²) in [5, 5.41) is 3.22. The average molecular weight is 248 g/mol. The van der Waals surface area contributed by atoms with Crippen molar-refractivity contribution in [2.75, 3.05) is 13.1 Å². The summed E-state index contributed by atoms with van der Waals surface area (Å²) in [5.41, 5.74) is -0.00634. The Morgan fingerprint density at radius 2 is 1.81 bits per heavy atom. The second-order valence-corrected chi connectivity index (χ2v) is 4.67. The van der Waals surface area contributed by atoms with Gasteiger partial charge in [-0.2, -0.15) is 8.78 Å². The Morgan fingerprint density at radius 3 is 2.31 bits per heavy atom. The summed E-state index contributed by atoms with van der Waals surface area (Å²) >= 11 is 5.65. The van der Waals surface area contributed by atoms with Gasteiger partial charge in [-0.25, -0.2) is 0 Å². The minimum atomic E-state index is -2.85. The van der Waals surface area contributed by atoms with Crippen molar-refractivity contribution in [3.05, 3.63) is 34.9 Å². The highest BCUT2D eigenvalue weighted by Crippen LogP contribution is 2.27. The van der Waals surface area contributed by atoms with E-state index in [0.717, 1.165) is 0 Å². The zero-order valence-corrected chi connectivity index (χ0v) is 10.2. The highest BCUT2D eigenvalue weighted by atomic mass is 35.5. The number of hydrogen-bond acceptors (Lipinski definition) is 1. The molecule has 1 aromatic rings. The third-order valence-electron chi connectivity index (χ3n) is 2.17. The van der Waals surface area contributed by atoms with Gasteiger partial charge < -0.3 is 5.32 Å². The van der Waals surface area contributed by atoms with E-state index in [-0.39, 0.29) is 12.1 Å². The molecule has 0 saturated carbocycles. The van der Waals surface area contributed by atoms with E-state index in [0.29, 0.717) is 17.5 Å². The number of rotatable bonds is 5. The predicted octanol–water partition coefficient (Wildman–Crippen LogP) is 3.68. The smallest absolute Gasteiger partial charge is 0.285 e. The van der Waals surface area contributed by atoms with Crippen molar-refractivity contribution in [2.45, 2.75) is 19.8 Å². The zero-order chi connectivity index (χ0) is 12.2. The molecule has 0 aliphatic rings. The van der Waals surface area contributed by atoms with Crippen LogP contribution in [0.25, 0.3) is 0 Å². The molecule has 90 valence electrons. The van der Waals surface area contributed by atoms with Crippen LogP contribution in [0, 0.1) is 5.92 Å². The molecule has 0 amide bonds. The Balaban J connectivity index is 2.59. The number of benzene rings is 1. The fourth-order valence-electron chi connectivity index (χ4n) is 1.31. The predicted molar refractivity (Wildman–Crippen MR) is 63.1 cm³/mol. The summed E-state index contributed by atoms with van der Waals surface area (Å²) in [5.74, 6) is -2.49. The van der Waals surface area contributed by atoms with Crippen LogP contribution in [0.5, 0.6) is 0 Å². The van der Waals surface area contributed by atoms with E-state index >= 15 is 0 Å². The van der Waals surface area contributed by atoms with Crippen molar-refractivity contribution >= 4 is 11.6 Å². The summed E-state index contributed by atoms with van der Waals surface area (Å²) in [6, 6.07) is 5.68. The van der Waals surface area contributed by atoms with Crippen LogP contribution in [-0.2, 0) is 5.92 Å². The summed E-state index contributed by atoms with van der Waals surface area (Å²) < 4.78 is 27.3. The van der Waals surface area contributed by atoms with Crippen molar-refractivity contribution < 1.29 is 8.78 Å². The van der Waals surface area contributed by atoms with Crippen LogP contribution in [-0.4, -0.2) is 13.1 Å². The lowest BCUT2D eigenvalue weighted by molar-refractivity contribution is -0.00352. The molecule has 0 fully saturated rings. The van der Waals surface area contributed by atoms with Gasteiger partial charge in [-0.05, 0) is 24.6 Å². The highest BCUT2D eigenvalue weighted by molar-refractivity contribution is 6.30. The van der Waals surface area contributed by atoms with Gasteiger partial charge in [-0.1, -0.05) is 37.6 Å². The van der Waals surface area contributed by atoms with Gasteiger partial charge in [0.2, 0.25) is 0 Å². The van der Waals surface area contributed by atoms with Gasteiger partial charge >= 0.3 is 0 Å². The molecule has 0 aliphatic heterocycles. The SMILES string of the molecule is CC(C)CNCC(F)(F)c1ccc(Cl)cc1. The molecular formula is C12H16ClF2N. The Hall–Kier alpha value is -0.670. The molecule has 4 heteroatoms. The maximum atomic E-state index is 13.6. The topological polar surface area (TPSA) is 12.0 Å². The first-order valence-electron chi connectivity index (χ1n) is 5.26. The third kappa shape index (κ3) is 4.06. The van der Waals surface area contributed by atoms with E-state index in [4.69, 9.17) is 11.6 Å². The highest BCUT2D eigenvalue weighted by Gasteiger charge is 2.30. The summed E-state index contributed by atoms with van der Waals surface area (Å²) in [6.07, 6.45) is 0. The molecule has 0 spiro atoms. The molecule has 0 heterocycles. The molecule has 0 aliphatic carbocycles. The summed E-state index contributed by atoms with van der Waals surface area (Å²) in [4.78, 5) is 0. The van der Waals surface area contributed by atoms with Crippen LogP contribution < -0.4 is 5.32 Å². The van der Waals surface area contributed by atoms with Crippen LogP contribution >= 0.6 is 11.6 Å². The van der Waals surface area contributed by atoms with E-state index in [2.05, 4.69) is 5.32 Å². The van der Waals surface area contributed by atoms with Crippen LogP contribution in [0.3, 0.4) is 0 Å². The van der Waals surface area contributed by atoms with Crippen molar-refractivity contribution in [2.24, 2.45) is 5.92 Å². The Labute approximate surface area is 99.8 Å². The van der Waals surface area contributed by atoms with E-state index < -0.39 is 5.92 Å². The summed E-state index contributed by atoms with van der Waals surface area (Å²) in [7, 11) is 0. The molecule has 1 nitrogen and oxygen atoms in total. The quantitative estimate of drug-likeness (QED) is 0.837. The average Bonchev–Trinajstić information content (AvgIpc) is 2.17. The van der Waals surface area contributed by atoms with E-state index in [1.807, 2.05) is 13.8 Å². The summed E-state index contributed by atoms with van der Waals surface area (Å²) in [6.45, 7) is 4.21. The van der Waals surface area contributed by atoms with Crippen LogP contribution in [0.1, 0.15) is 19.4 Å². The minimum absolute atomic E-state index is 0.00634. The fourth-order valence-corrected chi connectivity index (χ4v) is 1.44. The Morgan fingerprint density at radius 1 is 1.25 bits per heavy atom. The second-order valence-electron chi connectivity index (χ2n) is 4.24. The zero-order valence-electron chi connectivity index (χ0n) is 9.43. The molecule has 0 atom stereocenters. The molecule has 0 unspecified atom stereocenters. The van der Waals surface area contributed by atoms with Crippen molar-refractivity contribution in [3.63, 3.8) is 0 Å². The van der Waals surface area contributed by atoms with Crippen LogP contribution in [0.4, 0.5) is 8.78 Å². The first-order valence-corrected chi connectivity index (χ1v) is 5.64. The van der Waals surface area contributed by atoms with E-state index in [9.17, 15) is 8.78 Å². The molecule has 0 aromatic heterocycles. The molecule has 16 heavy (non-hydrogen) atoms. The number of alkyl halides is 2. The molecule has 0 saturated heterocycles. The maximum absolute atomic E-state index is 13.6. The molecule has 1 rings (SSSR count). The number of nitrogens with one attached hydrogen (secondary N) is 1. The molecule has 0 bridgehead atoms. The van der Waals surface area contributed by atoms with Gasteiger partial charge in [0.25, 0.3) is 5.92 Å². The van der Waals surface area contributed by atoms with Crippen LogP contribution in [0.2, 0.25) is 5.02 Å².